The topological polar surface area (TPSA) is 78.4 Å². The van der Waals surface area contributed by atoms with Gasteiger partial charge in [0.25, 0.3) is 11.1 Å². The highest BCUT2D eigenvalue weighted by Gasteiger charge is 2.26. The van der Waals surface area contributed by atoms with Gasteiger partial charge in [0.1, 0.15) is 11.0 Å². The van der Waals surface area contributed by atoms with Crippen molar-refractivity contribution in [1.29, 1.82) is 0 Å². The average molecular weight is 336 g/mol. The van der Waals surface area contributed by atoms with E-state index in [0.717, 1.165) is 22.9 Å². The minimum Gasteiger partial charge on any atom is -0.469 e. The zero-order valence-electron chi connectivity index (χ0n) is 11.8. The van der Waals surface area contributed by atoms with Gasteiger partial charge in [-0.05, 0) is 47.1 Å². The number of thiophene rings is 1. The summed E-state index contributed by atoms with van der Waals surface area (Å²) >= 11 is 2.68. The van der Waals surface area contributed by atoms with Crippen molar-refractivity contribution in [2.75, 3.05) is 7.11 Å². The third-order valence-electron chi connectivity index (χ3n) is 2.98. The van der Waals surface area contributed by atoms with Gasteiger partial charge in [-0.25, -0.2) is 0 Å². The van der Waals surface area contributed by atoms with E-state index in [9.17, 15) is 4.79 Å². The fourth-order valence-corrected chi connectivity index (χ4v) is 3.52. The summed E-state index contributed by atoms with van der Waals surface area (Å²) in [7, 11) is 1.36. The summed E-state index contributed by atoms with van der Waals surface area (Å²) in [5, 5.41) is 11.5. The van der Waals surface area contributed by atoms with Crippen molar-refractivity contribution in [1.82, 2.24) is 10.2 Å². The first kappa shape index (κ1) is 14.9. The highest BCUT2D eigenvalue weighted by Crippen LogP contribution is 2.37. The highest BCUT2D eigenvalue weighted by atomic mass is 32.2. The molecule has 1 unspecified atom stereocenters. The van der Waals surface area contributed by atoms with Gasteiger partial charge >= 0.3 is 5.97 Å². The molecule has 0 bridgehead atoms. The normalized spacial score (nSPS) is 12.3. The van der Waals surface area contributed by atoms with Gasteiger partial charge < -0.3 is 13.6 Å². The Morgan fingerprint density at radius 3 is 2.91 bits per heavy atom. The molecular weight excluding hydrogens is 324 g/mol. The minimum atomic E-state index is -0.532. The smallest absolute Gasteiger partial charge is 0.323 e. The lowest BCUT2D eigenvalue weighted by atomic mass is 10.2. The molecule has 0 N–H and O–H groups in total. The number of methoxy groups -OCH3 is 1. The molecule has 3 aromatic heterocycles. The number of aryl methyl sites for hydroxylation is 1. The quantitative estimate of drug-likeness (QED) is 0.519. The Hall–Kier alpha value is -2.06. The predicted octanol–water partition coefficient (Wildman–Crippen LogP) is 3.71. The van der Waals surface area contributed by atoms with E-state index in [1.807, 2.05) is 23.8 Å². The van der Waals surface area contributed by atoms with Gasteiger partial charge in [-0.15, -0.1) is 10.2 Å². The molecule has 0 aliphatic carbocycles. The summed E-state index contributed by atoms with van der Waals surface area (Å²) in [5.41, 5.74) is 1.59. The van der Waals surface area contributed by atoms with Crippen LogP contribution in [0.2, 0.25) is 0 Å². The molecule has 3 aromatic rings. The number of hydrogen-bond donors (Lipinski definition) is 0. The van der Waals surface area contributed by atoms with Crippen molar-refractivity contribution in [3.05, 3.63) is 40.5 Å². The van der Waals surface area contributed by atoms with Gasteiger partial charge in [0, 0.05) is 0 Å². The summed E-state index contributed by atoms with van der Waals surface area (Å²) in [6.07, 6.45) is 1.56. The Labute approximate surface area is 134 Å². The molecule has 3 rings (SSSR count). The maximum absolute atomic E-state index is 12.0. The number of carbonyl (C=O) groups excluding carboxylic acids is 1. The molecule has 1 atom stereocenters. The van der Waals surface area contributed by atoms with Crippen LogP contribution in [0.3, 0.4) is 0 Å². The Morgan fingerprint density at radius 2 is 2.27 bits per heavy atom. The summed E-state index contributed by atoms with van der Waals surface area (Å²) < 4.78 is 15.7. The van der Waals surface area contributed by atoms with E-state index in [1.54, 1.807) is 12.3 Å². The zero-order chi connectivity index (χ0) is 15.5. The summed E-state index contributed by atoms with van der Waals surface area (Å²) in [4.78, 5) is 12.0. The third kappa shape index (κ3) is 2.93. The molecule has 22 heavy (non-hydrogen) atoms. The molecule has 6 nitrogen and oxygen atoms in total. The number of hydrogen-bond acceptors (Lipinski definition) is 8. The molecule has 0 saturated heterocycles. The number of esters is 1. The molecule has 114 valence electrons. The monoisotopic (exact) mass is 336 g/mol. The second-order valence-corrected chi connectivity index (χ2v) is 6.18. The van der Waals surface area contributed by atoms with E-state index < -0.39 is 5.25 Å². The van der Waals surface area contributed by atoms with Crippen LogP contribution in [0.25, 0.3) is 11.5 Å². The van der Waals surface area contributed by atoms with Crippen LogP contribution in [0.5, 0.6) is 0 Å². The lowest BCUT2D eigenvalue weighted by molar-refractivity contribution is -0.140. The van der Waals surface area contributed by atoms with Crippen LogP contribution in [0.15, 0.2) is 43.2 Å². The van der Waals surface area contributed by atoms with E-state index >= 15 is 0 Å². The van der Waals surface area contributed by atoms with Gasteiger partial charge in [0.2, 0.25) is 0 Å². The molecule has 0 aromatic carbocycles. The fourth-order valence-electron chi connectivity index (χ4n) is 1.86. The van der Waals surface area contributed by atoms with Crippen LogP contribution in [-0.2, 0) is 9.53 Å². The minimum absolute atomic E-state index is 0.303. The van der Waals surface area contributed by atoms with Gasteiger partial charge in [-0.2, -0.15) is 11.3 Å². The Balaban J connectivity index is 1.84. The number of rotatable bonds is 5. The lowest BCUT2D eigenvalue weighted by Gasteiger charge is -2.09. The molecule has 0 aliphatic heterocycles. The summed E-state index contributed by atoms with van der Waals surface area (Å²) in [5.74, 6) is 0.702. The van der Waals surface area contributed by atoms with Crippen molar-refractivity contribution < 1.29 is 18.4 Å². The van der Waals surface area contributed by atoms with E-state index in [0.29, 0.717) is 16.9 Å². The standard InChI is InChI=1S/C14H12N2O4S2/c1-8-10(3-5-19-8)12-15-16-14(20-12)22-11(13(17)18-2)9-4-6-21-7-9/h3-7,11H,1-2H3. The number of furan rings is 1. The highest BCUT2D eigenvalue weighted by molar-refractivity contribution is 8.00. The largest absolute Gasteiger partial charge is 0.469 e. The number of nitrogens with zero attached hydrogens (tertiary/aromatic N) is 2. The number of thioether (sulfide) groups is 1. The number of ether oxygens (including phenoxy) is 1. The Morgan fingerprint density at radius 1 is 1.41 bits per heavy atom. The van der Waals surface area contributed by atoms with Crippen LogP contribution in [0.1, 0.15) is 16.6 Å². The molecule has 0 fully saturated rings. The zero-order valence-corrected chi connectivity index (χ0v) is 13.4. The van der Waals surface area contributed by atoms with Crippen LogP contribution in [0.4, 0.5) is 0 Å². The van der Waals surface area contributed by atoms with Crippen LogP contribution >= 0.6 is 23.1 Å². The van der Waals surface area contributed by atoms with E-state index in [-0.39, 0.29) is 5.97 Å². The Kier molecular flexibility index (Phi) is 4.30. The van der Waals surface area contributed by atoms with Crippen molar-refractivity contribution >= 4 is 29.1 Å². The molecule has 0 radical (unpaired) electrons. The van der Waals surface area contributed by atoms with Crippen molar-refractivity contribution in [2.45, 2.75) is 17.4 Å². The first-order valence-corrected chi connectivity index (χ1v) is 8.16. The molecule has 3 heterocycles. The summed E-state index contributed by atoms with van der Waals surface area (Å²) in [6.45, 7) is 1.81. The van der Waals surface area contributed by atoms with E-state index in [1.165, 1.54) is 18.4 Å². The van der Waals surface area contributed by atoms with E-state index in [4.69, 9.17) is 13.6 Å². The van der Waals surface area contributed by atoms with Crippen molar-refractivity contribution in [3.63, 3.8) is 0 Å². The van der Waals surface area contributed by atoms with Crippen LogP contribution < -0.4 is 0 Å². The third-order valence-corrected chi connectivity index (χ3v) is 4.74. The van der Waals surface area contributed by atoms with Crippen LogP contribution in [-0.4, -0.2) is 23.3 Å². The number of aromatic nitrogens is 2. The molecular formula is C14H12N2O4S2. The van der Waals surface area contributed by atoms with Crippen molar-refractivity contribution in [3.8, 4) is 11.5 Å². The van der Waals surface area contributed by atoms with Crippen LogP contribution in [0, 0.1) is 6.92 Å². The molecule has 0 spiro atoms. The van der Waals surface area contributed by atoms with E-state index in [2.05, 4.69) is 10.2 Å². The molecule has 8 heteroatoms. The fraction of sp³-hybridized carbons (Fsp3) is 0.214. The second-order valence-electron chi connectivity index (χ2n) is 4.34. The predicted molar refractivity (Wildman–Crippen MR) is 81.7 cm³/mol. The maximum Gasteiger partial charge on any atom is 0.323 e. The molecule has 0 aliphatic rings. The number of carbonyl (C=O) groups is 1. The second kappa shape index (κ2) is 6.37. The molecule has 0 saturated carbocycles. The maximum atomic E-state index is 12.0. The van der Waals surface area contributed by atoms with Gasteiger partial charge in [-0.3, -0.25) is 4.79 Å². The summed E-state index contributed by atoms with van der Waals surface area (Å²) in [6, 6.07) is 3.63. The average Bonchev–Trinajstić information content (AvgIpc) is 3.25. The first-order chi connectivity index (χ1) is 10.7. The molecule has 0 amide bonds. The van der Waals surface area contributed by atoms with Gasteiger partial charge in [-0.1, -0.05) is 0 Å². The SMILES string of the molecule is COC(=O)C(Sc1nnc(-c2ccoc2C)o1)c1ccsc1. The van der Waals surface area contributed by atoms with Gasteiger partial charge in [0.05, 0.1) is 18.9 Å². The first-order valence-electron chi connectivity index (χ1n) is 6.33. The van der Waals surface area contributed by atoms with Gasteiger partial charge in [0.15, 0.2) is 0 Å². The lowest BCUT2D eigenvalue weighted by Crippen LogP contribution is -2.10. The van der Waals surface area contributed by atoms with Crippen molar-refractivity contribution in [2.24, 2.45) is 0 Å². The Bertz CT molecular complexity index is 764.